The summed E-state index contributed by atoms with van der Waals surface area (Å²) in [4.78, 5) is 32.1. The summed E-state index contributed by atoms with van der Waals surface area (Å²) in [6.45, 7) is 9.01. The van der Waals surface area contributed by atoms with Crippen LogP contribution in [0, 0.1) is 0 Å². The van der Waals surface area contributed by atoms with E-state index in [1.807, 2.05) is 30.3 Å². The number of amides is 1. The van der Waals surface area contributed by atoms with Gasteiger partial charge in [-0.2, -0.15) is 5.10 Å². The Kier molecular flexibility index (Phi) is 6.05. The van der Waals surface area contributed by atoms with Gasteiger partial charge >= 0.3 is 12.1 Å². The Hall–Kier alpha value is -3.42. The van der Waals surface area contributed by atoms with E-state index >= 15 is 0 Å². The average Bonchev–Trinajstić information content (AvgIpc) is 3.21. The molecule has 0 aliphatic carbocycles. The topological polar surface area (TPSA) is 86.0 Å². The van der Waals surface area contributed by atoms with Crippen LogP contribution < -0.4 is 0 Å². The van der Waals surface area contributed by atoms with Crippen LogP contribution in [0.1, 0.15) is 46.2 Å². The first-order chi connectivity index (χ1) is 14.2. The third-order valence-electron chi connectivity index (χ3n) is 4.31. The van der Waals surface area contributed by atoms with Gasteiger partial charge < -0.3 is 9.47 Å². The highest BCUT2D eigenvalue weighted by Crippen LogP contribution is 2.37. The molecule has 0 bridgehead atoms. The highest BCUT2D eigenvalue weighted by atomic mass is 16.6. The minimum atomic E-state index is -0.781. The number of hydrogen-bond donors (Lipinski definition) is 0. The summed E-state index contributed by atoms with van der Waals surface area (Å²) in [6.07, 6.45) is 2.63. The smallest absolute Gasteiger partial charge is 0.418 e. The molecule has 1 atom stereocenters. The van der Waals surface area contributed by atoms with Gasteiger partial charge in [0.15, 0.2) is 0 Å². The summed E-state index contributed by atoms with van der Waals surface area (Å²) < 4.78 is 12.4. The van der Waals surface area contributed by atoms with E-state index in [4.69, 9.17) is 9.47 Å². The Labute approximate surface area is 175 Å². The van der Waals surface area contributed by atoms with Crippen molar-refractivity contribution in [2.24, 2.45) is 4.99 Å². The lowest BCUT2D eigenvalue weighted by Crippen LogP contribution is -2.49. The van der Waals surface area contributed by atoms with Crippen LogP contribution in [0.3, 0.4) is 0 Å². The molecule has 1 unspecified atom stereocenters. The number of benzene rings is 1. The molecule has 30 heavy (non-hydrogen) atoms. The second-order valence-corrected chi connectivity index (χ2v) is 7.75. The van der Waals surface area contributed by atoms with Crippen molar-refractivity contribution in [3.8, 4) is 0 Å². The van der Waals surface area contributed by atoms with Crippen molar-refractivity contribution >= 4 is 18.0 Å². The van der Waals surface area contributed by atoms with Crippen molar-refractivity contribution in [3.63, 3.8) is 0 Å². The van der Waals surface area contributed by atoms with Crippen molar-refractivity contribution in [1.29, 1.82) is 0 Å². The molecular formula is C22H26N4O4. The third-order valence-corrected chi connectivity index (χ3v) is 4.31. The lowest BCUT2D eigenvalue weighted by Gasteiger charge is -2.37. The van der Waals surface area contributed by atoms with Gasteiger partial charge in [0, 0.05) is 12.4 Å². The van der Waals surface area contributed by atoms with E-state index < -0.39 is 23.7 Å². The Morgan fingerprint density at radius 1 is 1.13 bits per heavy atom. The molecule has 8 heteroatoms. The van der Waals surface area contributed by atoms with E-state index in [1.165, 1.54) is 9.58 Å². The number of aromatic nitrogens is 2. The molecule has 0 spiro atoms. The molecule has 8 nitrogen and oxygen atoms in total. The zero-order valence-electron chi connectivity index (χ0n) is 17.8. The van der Waals surface area contributed by atoms with E-state index in [9.17, 15) is 9.59 Å². The molecule has 1 aliphatic rings. The quantitative estimate of drug-likeness (QED) is 0.716. The molecule has 158 valence electrons. The second-order valence-electron chi connectivity index (χ2n) is 7.75. The lowest BCUT2D eigenvalue weighted by atomic mass is 9.94. The molecule has 0 N–H and O–H groups in total. The standard InChI is InChI=1S/C22H26N4O4/c1-6-29-19(27)17-15(2)24-20(25-14-10-13-23-25)26(21(28)30-22(3,4)5)18(17)16-11-8-7-9-12-16/h7-14,18H,6H2,1-5H3. The van der Waals surface area contributed by atoms with Gasteiger partial charge in [0.1, 0.15) is 11.6 Å². The summed E-state index contributed by atoms with van der Waals surface area (Å²) in [5.74, 6) is -0.283. The van der Waals surface area contributed by atoms with Gasteiger partial charge in [-0.1, -0.05) is 30.3 Å². The van der Waals surface area contributed by atoms with Crippen LogP contribution in [-0.2, 0) is 14.3 Å². The number of allylic oxidation sites excluding steroid dienone is 1. The number of esters is 1. The number of carbonyl (C=O) groups excluding carboxylic acids is 2. The molecule has 0 saturated carbocycles. The Bertz CT molecular complexity index is 972. The maximum atomic E-state index is 13.3. The maximum absolute atomic E-state index is 13.3. The number of nitrogens with zero attached hydrogens (tertiary/aromatic N) is 4. The highest BCUT2D eigenvalue weighted by Gasteiger charge is 2.42. The number of carbonyl (C=O) groups is 2. The van der Waals surface area contributed by atoms with Crippen LogP contribution in [0.15, 0.2) is 65.1 Å². The molecule has 0 radical (unpaired) electrons. The van der Waals surface area contributed by atoms with E-state index in [2.05, 4.69) is 10.1 Å². The fraction of sp³-hybridized carbons (Fsp3) is 0.364. The first-order valence-corrected chi connectivity index (χ1v) is 9.76. The molecule has 3 rings (SSSR count). The predicted octanol–water partition coefficient (Wildman–Crippen LogP) is 3.92. The van der Waals surface area contributed by atoms with Gasteiger partial charge in [-0.05, 0) is 46.2 Å². The summed E-state index contributed by atoms with van der Waals surface area (Å²) in [5, 5.41) is 4.24. The summed E-state index contributed by atoms with van der Waals surface area (Å²) >= 11 is 0. The zero-order valence-corrected chi connectivity index (χ0v) is 17.8. The Morgan fingerprint density at radius 3 is 2.40 bits per heavy atom. The van der Waals surface area contributed by atoms with Crippen LogP contribution in [0.5, 0.6) is 0 Å². The molecule has 2 heterocycles. The first-order valence-electron chi connectivity index (χ1n) is 9.76. The number of hydrogen-bond acceptors (Lipinski definition) is 6. The lowest BCUT2D eigenvalue weighted by molar-refractivity contribution is -0.139. The Balaban J connectivity index is 2.23. The maximum Gasteiger partial charge on any atom is 0.418 e. The molecule has 1 amide bonds. The number of ether oxygens (including phenoxy) is 2. The normalized spacial score (nSPS) is 16.9. The van der Waals surface area contributed by atoms with Crippen molar-refractivity contribution in [3.05, 3.63) is 65.6 Å². The molecule has 2 aromatic rings. The molecular weight excluding hydrogens is 384 g/mol. The van der Waals surface area contributed by atoms with Crippen LogP contribution in [0.2, 0.25) is 0 Å². The van der Waals surface area contributed by atoms with Gasteiger partial charge in [-0.15, -0.1) is 0 Å². The fourth-order valence-corrected chi connectivity index (χ4v) is 3.17. The Morgan fingerprint density at radius 2 is 1.83 bits per heavy atom. The van der Waals surface area contributed by atoms with Crippen molar-refractivity contribution < 1.29 is 19.1 Å². The minimum absolute atomic E-state index is 0.208. The van der Waals surface area contributed by atoms with E-state index in [0.29, 0.717) is 5.70 Å². The van der Waals surface area contributed by atoms with Crippen LogP contribution in [-0.4, -0.2) is 44.9 Å². The predicted molar refractivity (Wildman–Crippen MR) is 112 cm³/mol. The monoisotopic (exact) mass is 410 g/mol. The van der Waals surface area contributed by atoms with Crippen molar-refractivity contribution in [2.75, 3.05) is 6.61 Å². The van der Waals surface area contributed by atoms with Gasteiger partial charge in [-0.3, -0.25) is 0 Å². The van der Waals surface area contributed by atoms with Crippen molar-refractivity contribution in [1.82, 2.24) is 14.7 Å². The highest BCUT2D eigenvalue weighted by molar-refractivity contribution is 6.02. The summed E-state index contributed by atoms with van der Waals surface area (Å²) in [6, 6.07) is 10.2. The minimum Gasteiger partial charge on any atom is -0.463 e. The second kappa shape index (κ2) is 8.52. The van der Waals surface area contributed by atoms with Crippen LogP contribution in [0.25, 0.3) is 0 Å². The molecule has 1 aromatic carbocycles. The summed E-state index contributed by atoms with van der Waals surface area (Å²) in [7, 11) is 0. The van der Waals surface area contributed by atoms with Crippen LogP contribution >= 0.6 is 0 Å². The summed E-state index contributed by atoms with van der Waals surface area (Å²) in [5.41, 5.74) is 0.719. The van der Waals surface area contributed by atoms with Crippen molar-refractivity contribution in [2.45, 2.75) is 46.3 Å². The van der Waals surface area contributed by atoms with E-state index in [0.717, 1.165) is 5.56 Å². The molecule has 0 saturated heterocycles. The van der Waals surface area contributed by atoms with Gasteiger partial charge in [-0.25, -0.2) is 24.2 Å². The van der Waals surface area contributed by atoms with Gasteiger partial charge in [0.2, 0.25) is 5.96 Å². The average molecular weight is 410 g/mol. The van der Waals surface area contributed by atoms with Gasteiger partial charge in [0.25, 0.3) is 0 Å². The number of rotatable bonds is 3. The zero-order chi connectivity index (χ0) is 21.9. The largest absolute Gasteiger partial charge is 0.463 e. The van der Waals surface area contributed by atoms with Crippen LogP contribution in [0.4, 0.5) is 4.79 Å². The first kappa shape index (κ1) is 21.3. The molecule has 1 aromatic heterocycles. The van der Waals surface area contributed by atoms with E-state index in [1.54, 1.807) is 53.1 Å². The molecule has 0 fully saturated rings. The SMILES string of the molecule is CCOC(=O)C1=C(C)N=C(n2cccn2)N(C(=O)OC(C)(C)C)C1c1ccccc1. The third kappa shape index (κ3) is 4.42. The fourth-order valence-electron chi connectivity index (χ4n) is 3.17. The molecule has 1 aliphatic heterocycles. The van der Waals surface area contributed by atoms with E-state index in [-0.39, 0.29) is 18.1 Å². The number of aliphatic imine (C=N–C) groups is 1. The van der Waals surface area contributed by atoms with Gasteiger partial charge in [0.05, 0.1) is 17.9 Å².